The second kappa shape index (κ2) is 8.08. The van der Waals surface area contributed by atoms with Gasteiger partial charge in [-0.25, -0.2) is 15.0 Å². The summed E-state index contributed by atoms with van der Waals surface area (Å²) >= 11 is 1.81. The van der Waals surface area contributed by atoms with Crippen LogP contribution in [-0.2, 0) is 12.8 Å². The third kappa shape index (κ3) is 3.48. The van der Waals surface area contributed by atoms with Crippen molar-refractivity contribution in [1.29, 1.82) is 0 Å². The molecule has 2 aliphatic rings. The van der Waals surface area contributed by atoms with Crippen LogP contribution in [0.4, 0.5) is 11.6 Å². The van der Waals surface area contributed by atoms with E-state index in [9.17, 15) is 4.79 Å². The summed E-state index contributed by atoms with van der Waals surface area (Å²) in [6.07, 6.45) is 8.70. The van der Waals surface area contributed by atoms with Crippen molar-refractivity contribution in [3.63, 3.8) is 0 Å². The number of aryl methyl sites for hydroxylation is 2. The fourth-order valence-corrected chi connectivity index (χ4v) is 6.06. The third-order valence-electron chi connectivity index (χ3n) is 6.40. The number of thiophene rings is 1. The van der Waals surface area contributed by atoms with Crippen LogP contribution in [0.3, 0.4) is 0 Å². The number of nitrogens with two attached hydrogens (primary N) is 1. The number of primary amides is 1. The van der Waals surface area contributed by atoms with Gasteiger partial charge in [0.2, 0.25) is 0 Å². The Morgan fingerprint density at radius 1 is 0.970 bits per heavy atom. The maximum absolute atomic E-state index is 11.9. The molecule has 4 aromatic rings. The van der Waals surface area contributed by atoms with Gasteiger partial charge < -0.3 is 15.5 Å². The second-order valence-corrected chi connectivity index (χ2v) is 9.45. The van der Waals surface area contributed by atoms with Gasteiger partial charge in [-0.2, -0.15) is 0 Å². The van der Waals surface area contributed by atoms with E-state index in [1.807, 2.05) is 18.3 Å². The maximum atomic E-state index is 11.9. The Hall–Kier alpha value is -3.59. The molecule has 0 bridgehead atoms. The number of fused-ring (bicyclic) bond motifs is 3. The van der Waals surface area contributed by atoms with E-state index in [2.05, 4.69) is 19.8 Å². The molecule has 33 heavy (non-hydrogen) atoms. The number of rotatable bonds is 4. The number of pyridine rings is 2. The molecule has 166 valence electrons. The van der Waals surface area contributed by atoms with E-state index in [0.717, 1.165) is 55.2 Å². The average Bonchev–Trinajstić information content (AvgIpc) is 3.45. The number of amides is 1. The number of hydrogen-bond donors (Lipinski definition) is 1. The van der Waals surface area contributed by atoms with Gasteiger partial charge in [-0.15, -0.1) is 11.3 Å². The van der Waals surface area contributed by atoms with E-state index >= 15 is 0 Å². The Bertz CT molecular complexity index is 1350. The molecule has 5 heterocycles. The number of anilines is 2. The van der Waals surface area contributed by atoms with Crippen molar-refractivity contribution in [2.24, 2.45) is 5.73 Å². The molecule has 1 aliphatic heterocycles. The highest BCUT2D eigenvalue weighted by Crippen LogP contribution is 2.41. The zero-order valence-corrected chi connectivity index (χ0v) is 18.9. The molecule has 1 amide bonds. The molecular weight excluding hydrogens is 434 g/mol. The lowest BCUT2D eigenvalue weighted by Crippen LogP contribution is -2.47. The smallest absolute Gasteiger partial charge is 0.252 e. The van der Waals surface area contributed by atoms with E-state index in [4.69, 9.17) is 15.7 Å². The summed E-state index contributed by atoms with van der Waals surface area (Å²) in [5.74, 6) is 1.93. The number of carbonyl (C=O) groups excluding carboxylic acids is 1. The molecule has 0 radical (unpaired) electrons. The van der Waals surface area contributed by atoms with Crippen LogP contribution < -0.4 is 15.5 Å². The van der Waals surface area contributed by atoms with Crippen LogP contribution in [0.15, 0.2) is 42.9 Å². The Morgan fingerprint density at radius 3 is 2.52 bits per heavy atom. The molecule has 0 saturated carbocycles. The molecule has 0 spiro atoms. The van der Waals surface area contributed by atoms with Crippen LogP contribution in [-0.4, -0.2) is 52.0 Å². The average molecular weight is 458 g/mol. The van der Waals surface area contributed by atoms with E-state index in [1.165, 1.54) is 22.2 Å². The van der Waals surface area contributed by atoms with E-state index in [-0.39, 0.29) is 0 Å². The van der Waals surface area contributed by atoms with Gasteiger partial charge in [0.15, 0.2) is 5.82 Å². The molecule has 1 fully saturated rings. The van der Waals surface area contributed by atoms with Crippen molar-refractivity contribution in [3.05, 3.63) is 58.9 Å². The lowest BCUT2D eigenvalue weighted by molar-refractivity contribution is 0.100. The standard InChI is InChI=1S/C24H23N7OS/c25-20(32)17-6-3-9-27-22(17)30-10-12-31(13-11-30)23-19-16-5-1-7-18(16)33-24(19)29-21(28-23)15-4-2-8-26-14-15/h2-4,6,8-9,14H,1,5,7,10-13H2,(H2,25,32). The number of piperazine rings is 1. The highest BCUT2D eigenvalue weighted by molar-refractivity contribution is 7.19. The first kappa shape index (κ1) is 20.0. The minimum absolute atomic E-state index is 0.451. The lowest BCUT2D eigenvalue weighted by atomic mass is 10.1. The summed E-state index contributed by atoms with van der Waals surface area (Å²) in [4.78, 5) is 37.5. The van der Waals surface area contributed by atoms with Crippen LogP contribution in [0.5, 0.6) is 0 Å². The Balaban J connectivity index is 1.37. The molecule has 0 unspecified atom stereocenters. The highest BCUT2D eigenvalue weighted by atomic mass is 32.1. The Labute approximate surface area is 195 Å². The van der Waals surface area contributed by atoms with Crippen molar-refractivity contribution in [2.75, 3.05) is 36.0 Å². The van der Waals surface area contributed by atoms with Gasteiger partial charge in [0.05, 0.1) is 10.9 Å². The summed E-state index contributed by atoms with van der Waals surface area (Å²) in [5.41, 5.74) is 8.39. The van der Waals surface area contributed by atoms with Crippen molar-refractivity contribution in [3.8, 4) is 11.4 Å². The molecule has 8 nitrogen and oxygen atoms in total. The minimum Gasteiger partial charge on any atom is -0.365 e. The normalized spacial score (nSPS) is 15.8. The van der Waals surface area contributed by atoms with Crippen molar-refractivity contribution < 1.29 is 4.79 Å². The second-order valence-electron chi connectivity index (χ2n) is 8.36. The SMILES string of the molecule is NC(=O)c1cccnc1N1CCN(c2nc(-c3cccnc3)nc3sc4c(c23)CCC4)CC1. The van der Waals surface area contributed by atoms with Crippen LogP contribution in [0.2, 0.25) is 0 Å². The molecule has 0 aromatic carbocycles. The van der Waals surface area contributed by atoms with Gasteiger partial charge in [0.1, 0.15) is 16.5 Å². The first-order valence-corrected chi connectivity index (χ1v) is 12.0. The maximum Gasteiger partial charge on any atom is 0.252 e. The predicted molar refractivity (Wildman–Crippen MR) is 130 cm³/mol. The van der Waals surface area contributed by atoms with Crippen molar-refractivity contribution in [2.45, 2.75) is 19.3 Å². The summed E-state index contributed by atoms with van der Waals surface area (Å²) in [6, 6.07) is 7.40. The summed E-state index contributed by atoms with van der Waals surface area (Å²) in [6.45, 7) is 3.02. The molecule has 2 N–H and O–H groups in total. The molecule has 0 atom stereocenters. The zero-order chi connectivity index (χ0) is 22.4. The zero-order valence-electron chi connectivity index (χ0n) is 18.1. The van der Waals surface area contributed by atoms with Crippen LogP contribution in [0.1, 0.15) is 27.2 Å². The summed E-state index contributed by atoms with van der Waals surface area (Å²) < 4.78 is 0. The summed E-state index contributed by atoms with van der Waals surface area (Å²) in [7, 11) is 0. The van der Waals surface area contributed by atoms with Gasteiger partial charge >= 0.3 is 0 Å². The number of aromatic nitrogens is 4. The first-order chi connectivity index (χ1) is 16.2. The fraction of sp³-hybridized carbons (Fsp3) is 0.292. The highest BCUT2D eigenvalue weighted by Gasteiger charge is 2.28. The van der Waals surface area contributed by atoms with Gasteiger partial charge in [-0.3, -0.25) is 9.78 Å². The van der Waals surface area contributed by atoms with E-state index in [1.54, 1.807) is 35.9 Å². The lowest BCUT2D eigenvalue weighted by Gasteiger charge is -2.37. The summed E-state index contributed by atoms with van der Waals surface area (Å²) in [5, 5.41) is 1.21. The molecule has 1 saturated heterocycles. The van der Waals surface area contributed by atoms with E-state index < -0.39 is 5.91 Å². The third-order valence-corrected chi connectivity index (χ3v) is 7.58. The van der Waals surface area contributed by atoms with Crippen molar-refractivity contribution >= 4 is 39.1 Å². The molecule has 4 aromatic heterocycles. The first-order valence-electron chi connectivity index (χ1n) is 11.2. The minimum atomic E-state index is -0.451. The fourth-order valence-electron chi connectivity index (χ4n) is 4.80. The van der Waals surface area contributed by atoms with Gasteiger partial charge in [-0.1, -0.05) is 0 Å². The van der Waals surface area contributed by atoms with Crippen LogP contribution in [0, 0.1) is 0 Å². The molecular formula is C24H23N7OS. The quantitative estimate of drug-likeness (QED) is 0.503. The monoisotopic (exact) mass is 457 g/mol. The Morgan fingerprint density at radius 2 is 1.76 bits per heavy atom. The number of nitrogens with zero attached hydrogens (tertiary/aromatic N) is 6. The van der Waals surface area contributed by atoms with Crippen LogP contribution >= 0.6 is 11.3 Å². The molecule has 1 aliphatic carbocycles. The number of carbonyl (C=O) groups is 1. The van der Waals surface area contributed by atoms with Gasteiger partial charge in [-0.05, 0) is 49.1 Å². The van der Waals surface area contributed by atoms with E-state index in [0.29, 0.717) is 17.2 Å². The van der Waals surface area contributed by atoms with Crippen LogP contribution in [0.25, 0.3) is 21.6 Å². The molecule has 9 heteroatoms. The topological polar surface area (TPSA) is 101 Å². The van der Waals surface area contributed by atoms with Crippen molar-refractivity contribution in [1.82, 2.24) is 19.9 Å². The molecule has 6 rings (SSSR count). The van der Waals surface area contributed by atoms with Gasteiger partial charge in [0, 0.05) is 55.2 Å². The predicted octanol–water partition coefficient (Wildman–Crippen LogP) is 3.06. The van der Waals surface area contributed by atoms with Gasteiger partial charge in [0.25, 0.3) is 5.91 Å². The number of hydrogen-bond acceptors (Lipinski definition) is 8. The Kier molecular flexibility index (Phi) is 4.91. The largest absolute Gasteiger partial charge is 0.365 e.